The number of anilines is 1. The predicted octanol–water partition coefficient (Wildman–Crippen LogP) is 3.55. The fourth-order valence-corrected chi connectivity index (χ4v) is 2.69. The summed E-state index contributed by atoms with van der Waals surface area (Å²) in [4.78, 5) is 20.7. The van der Waals surface area contributed by atoms with Crippen LogP contribution in [0.15, 0.2) is 66.9 Å². The summed E-state index contributed by atoms with van der Waals surface area (Å²) in [5, 5.41) is 2.85. The Kier molecular flexibility index (Phi) is 6.64. The van der Waals surface area contributed by atoms with Crippen LogP contribution in [-0.4, -0.2) is 15.9 Å². The first-order valence-electron chi connectivity index (χ1n) is 8.98. The fourth-order valence-electron chi connectivity index (χ4n) is 2.69. The Bertz CT molecular complexity index is 905. The number of amides is 1. The van der Waals surface area contributed by atoms with Crippen LogP contribution in [0, 0.1) is 0 Å². The molecule has 0 aliphatic heterocycles. The van der Waals surface area contributed by atoms with E-state index in [0.717, 1.165) is 11.1 Å². The lowest BCUT2D eigenvalue weighted by Crippen LogP contribution is -2.28. The van der Waals surface area contributed by atoms with Crippen molar-refractivity contribution in [2.24, 2.45) is 0 Å². The quantitative estimate of drug-likeness (QED) is 0.522. The van der Waals surface area contributed by atoms with Crippen molar-refractivity contribution in [3.63, 3.8) is 0 Å². The second kappa shape index (κ2) is 9.57. The van der Waals surface area contributed by atoms with Crippen molar-refractivity contribution in [2.45, 2.75) is 26.2 Å². The number of carbonyl (C=O) groups is 1. The molecule has 1 heterocycles. The van der Waals surface area contributed by atoms with Gasteiger partial charge in [-0.2, -0.15) is 0 Å². The number of halogens is 1. The zero-order valence-electron chi connectivity index (χ0n) is 15.5. The molecule has 1 amide bonds. The average Bonchev–Trinajstić information content (AvgIpc) is 2.75. The van der Waals surface area contributed by atoms with E-state index in [1.165, 1.54) is 6.20 Å². The first kappa shape index (κ1) is 19.4. The maximum atomic E-state index is 13.5. The Morgan fingerprint density at radius 3 is 2.43 bits per heavy atom. The number of alkyl halides is 1. The van der Waals surface area contributed by atoms with Crippen molar-refractivity contribution in [3.05, 3.63) is 89.2 Å². The molecule has 1 atom stereocenters. The Labute approximate surface area is 163 Å². The molecule has 28 heavy (non-hydrogen) atoms. The summed E-state index contributed by atoms with van der Waals surface area (Å²) >= 11 is 0. The van der Waals surface area contributed by atoms with Crippen LogP contribution >= 0.6 is 0 Å². The van der Waals surface area contributed by atoms with Crippen molar-refractivity contribution in [1.29, 1.82) is 0 Å². The van der Waals surface area contributed by atoms with E-state index < -0.39 is 12.6 Å². The monoisotopic (exact) mass is 379 g/mol. The van der Waals surface area contributed by atoms with E-state index in [-0.39, 0.29) is 23.2 Å². The number of rotatable bonds is 8. The zero-order chi connectivity index (χ0) is 19.8. The first-order valence-corrected chi connectivity index (χ1v) is 8.98. The van der Waals surface area contributed by atoms with Crippen molar-refractivity contribution < 1.29 is 9.18 Å². The predicted molar refractivity (Wildman–Crippen MR) is 106 cm³/mol. The van der Waals surface area contributed by atoms with Crippen LogP contribution < -0.4 is 16.2 Å². The number of aromatic nitrogens is 2. The largest absolute Gasteiger partial charge is 0.345 e. The van der Waals surface area contributed by atoms with Gasteiger partial charge >= 0.3 is 0 Å². The number of hydrogen-bond donors (Lipinski definition) is 3. The molecule has 0 saturated heterocycles. The maximum absolute atomic E-state index is 13.5. The highest BCUT2D eigenvalue weighted by Gasteiger charge is 2.17. The smallest absolute Gasteiger partial charge is 0.255 e. The maximum Gasteiger partial charge on any atom is 0.255 e. The first-order chi connectivity index (χ1) is 13.7. The highest BCUT2D eigenvalue weighted by atomic mass is 19.1. The number of hydrogen-bond acceptors (Lipinski definition) is 5. The van der Waals surface area contributed by atoms with Gasteiger partial charge in [-0.15, -0.1) is 0 Å². The van der Waals surface area contributed by atoms with Crippen molar-refractivity contribution >= 4 is 11.9 Å². The molecular formula is C21H22FN5O. The van der Waals surface area contributed by atoms with E-state index in [1.807, 2.05) is 67.6 Å². The topological polar surface area (TPSA) is 78.9 Å². The lowest BCUT2D eigenvalue weighted by Gasteiger charge is -2.15. The molecule has 0 aliphatic carbocycles. The highest BCUT2D eigenvalue weighted by Crippen LogP contribution is 2.15. The van der Waals surface area contributed by atoms with Crippen molar-refractivity contribution in [3.8, 4) is 0 Å². The van der Waals surface area contributed by atoms with Gasteiger partial charge < -0.3 is 5.32 Å². The molecule has 0 radical (unpaired) electrons. The average molecular weight is 379 g/mol. The van der Waals surface area contributed by atoms with E-state index in [2.05, 4.69) is 26.1 Å². The molecule has 0 saturated carbocycles. The molecule has 0 spiro atoms. The van der Waals surface area contributed by atoms with Gasteiger partial charge in [-0.3, -0.25) is 10.2 Å². The Morgan fingerprint density at radius 1 is 1.07 bits per heavy atom. The molecule has 0 bridgehead atoms. The Morgan fingerprint density at radius 2 is 1.75 bits per heavy atom. The van der Waals surface area contributed by atoms with E-state index >= 15 is 0 Å². The minimum absolute atomic E-state index is 0.0387. The molecule has 1 unspecified atom stereocenters. The van der Waals surface area contributed by atoms with Gasteiger partial charge in [0, 0.05) is 12.7 Å². The normalized spacial score (nSPS) is 11.6. The van der Waals surface area contributed by atoms with Crippen LogP contribution in [-0.2, 0) is 13.2 Å². The van der Waals surface area contributed by atoms with E-state index in [4.69, 9.17) is 0 Å². The van der Waals surface area contributed by atoms with Gasteiger partial charge in [0.1, 0.15) is 6.67 Å². The number of carbonyl (C=O) groups excluding carboxylic acids is 1. The van der Waals surface area contributed by atoms with Gasteiger partial charge in [-0.1, -0.05) is 60.7 Å². The summed E-state index contributed by atoms with van der Waals surface area (Å²) < 4.78 is 13.5. The van der Waals surface area contributed by atoms with Gasteiger partial charge in [0.2, 0.25) is 5.95 Å². The summed E-state index contributed by atoms with van der Waals surface area (Å²) in [7, 11) is 0. The fraction of sp³-hybridized carbons (Fsp3) is 0.190. The second-order valence-electron chi connectivity index (χ2n) is 6.26. The van der Waals surface area contributed by atoms with E-state index in [9.17, 15) is 9.18 Å². The molecule has 3 rings (SSSR count). The molecule has 3 N–H and O–H groups in total. The van der Waals surface area contributed by atoms with E-state index in [0.29, 0.717) is 6.54 Å². The molecule has 2 aromatic carbocycles. The van der Waals surface area contributed by atoms with Gasteiger partial charge in [0.25, 0.3) is 5.91 Å². The van der Waals surface area contributed by atoms with Crippen LogP contribution in [0.1, 0.15) is 40.1 Å². The highest BCUT2D eigenvalue weighted by molar-refractivity contribution is 5.95. The number of nitrogens with one attached hydrogen (secondary N) is 3. The number of benzene rings is 2. The molecule has 3 aromatic rings. The minimum atomic E-state index is -0.863. The SMILES string of the molecule is CC(NC(=O)c1cnc(NNCc2ccccc2)nc1CF)c1ccccc1. The number of hydrazine groups is 1. The van der Waals surface area contributed by atoms with Gasteiger partial charge in [0.15, 0.2) is 0 Å². The van der Waals surface area contributed by atoms with E-state index in [1.54, 1.807) is 0 Å². The van der Waals surface area contributed by atoms with Crippen LogP contribution in [0.2, 0.25) is 0 Å². The van der Waals surface area contributed by atoms with Crippen molar-refractivity contribution in [1.82, 2.24) is 20.7 Å². The summed E-state index contributed by atoms with van der Waals surface area (Å²) in [6.07, 6.45) is 1.33. The lowest BCUT2D eigenvalue weighted by atomic mass is 10.1. The third-order valence-corrected chi connectivity index (χ3v) is 4.22. The van der Waals surface area contributed by atoms with Crippen molar-refractivity contribution in [2.75, 3.05) is 5.43 Å². The van der Waals surface area contributed by atoms with Crippen LogP contribution in [0.3, 0.4) is 0 Å². The van der Waals surface area contributed by atoms with Gasteiger partial charge in [-0.25, -0.2) is 19.8 Å². The standard InChI is InChI=1S/C21H22FN5O/c1-15(17-10-6-3-7-11-17)25-20(28)18-14-23-21(26-19(18)12-22)27-24-13-16-8-4-2-5-9-16/h2-11,14-15,24H,12-13H2,1H3,(H,25,28)(H,23,26,27). The van der Waals surface area contributed by atoms with Crippen LogP contribution in [0.4, 0.5) is 10.3 Å². The third-order valence-electron chi connectivity index (χ3n) is 4.22. The molecule has 7 heteroatoms. The summed E-state index contributed by atoms with van der Waals surface area (Å²) in [6.45, 7) is 1.55. The molecule has 0 fully saturated rings. The summed E-state index contributed by atoms with van der Waals surface area (Å²) in [5.41, 5.74) is 8.00. The summed E-state index contributed by atoms with van der Waals surface area (Å²) in [6, 6.07) is 19.1. The summed E-state index contributed by atoms with van der Waals surface area (Å²) in [5.74, 6) is -0.205. The van der Waals surface area contributed by atoms with Crippen LogP contribution in [0.25, 0.3) is 0 Å². The zero-order valence-corrected chi connectivity index (χ0v) is 15.5. The molecule has 6 nitrogen and oxygen atoms in total. The number of nitrogens with zero attached hydrogens (tertiary/aromatic N) is 2. The van der Waals surface area contributed by atoms with Crippen LogP contribution in [0.5, 0.6) is 0 Å². The second-order valence-corrected chi connectivity index (χ2v) is 6.26. The molecule has 144 valence electrons. The third kappa shape index (κ3) is 5.11. The molecule has 1 aromatic heterocycles. The van der Waals surface area contributed by atoms with Gasteiger partial charge in [-0.05, 0) is 18.1 Å². The minimum Gasteiger partial charge on any atom is -0.345 e. The van der Waals surface area contributed by atoms with Gasteiger partial charge in [0.05, 0.1) is 17.3 Å². The molecular weight excluding hydrogens is 357 g/mol. The Balaban J connectivity index is 1.62. The lowest BCUT2D eigenvalue weighted by molar-refractivity contribution is 0.0937. The Hall–Kier alpha value is -3.32. The molecule has 0 aliphatic rings.